The zero-order chi connectivity index (χ0) is 18.2. The number of rotatable bonds is 8. The first-order valence-corrected chi connectivity index (χ1v) is 9.47. The number of carbonyl (C=O) groups excluding carboxylic acids is 1. The third-order valence-electron chi connectivity index (χ3n) is 4.89. The molecule has 0 aromatic heterocycles. The highest BCUT2D eigenvalue weighted by atomic mass is 16.5. The zero-order valence-electron chi connectivity index (χ0n) is 15.5. The van der Waals surface area contributed by atoms with Crippen molar-refractivity contribution >= 4 is 11.6 Å². The quantitative estimate of drug-likeness (QED) is 0.735. The van der Waals surface area contributed by atoms with Gasteiger partial charge in [0.1, 0.15) is 5.75 Å². The van der Waals surface area contributed by atoms with Crippen molar-refractivity contribution in [2.45, 2.75) is 26.2 Å². The topological polar surface area (TPSA) is 41.6 Å². The van der Waals surface area contributed by atoms with Crippen molar-refractivity contribution in [3.8, 4) is 5.75 Å². The van der Waals surface area contributed by atoms with Gasteiger partial charge in [-0.2, -0.15) is 0 Å². The molecule has 3 rings (SSSR count). The van der Waals surface area contributed by atoms with Crippen LogP contribution >= 0.6 is 0 Å². The lowest BCUT2D eigenvalue weighted by molar-refractivity contribution is -0.121. The lowest BCUT2D eigenvalue weighted by Crippen LogP contribution is -2.31. The minimum Gasteiger partial charge on any atom is -0.494 e. The number of benzene rings is 2. The number of anilines is 1. The van der Waals surface area contributed by atoms with Crippen LogP contribution in [0.2, 0.25) is 0 Å². The van der Waals surface area contributed by atoms with Crippen LogP contribution in [0.15, 0.2) is 54.6 Å². The van der Waals surface area contributed by atoms with Crippen LogP contribution < -0.4 is 15.0 Å². The number of aryl methyl sites for hydroxylation is 1. The minimum atomic E-state index is 0.121. The predicted octanol–water partition coefficient (Wildman–Crippen LogP) is 3.80. The fourth-order valence-corrected chi connectivity index (χ4v) is 3.42. The number of nitrogens with one attached hydrogen (secondary N) is 1. The molecule has 1 atom stereocenters. The van der Waals surface area contributed by atoms with Gasteiger partial charge in [-0.25, -0.2) is 0 Å². The Balaban J connectivity index is 1.32. The molecule has 1 N–H and O–H groups in total. The number of carbonyl (C=O) groups is 1. The molecule has 1 saturated heterocycles. The number of nitrogens with zero attached hydrogens (tertiary/aromatic N) is 1. The second-order valence-corrected chi connectivity index (χ2v) is 6.96. The molecule has 1 aliphatic heterocycles. The second-order valence-electron chi connectivity index (χ2n) is 6.96. The number of hydrogen-bond donors (Lipinski definition) is 1. The third kappa shape index (κ3) is 5.25. The Hall–Kier alpha value is -2.49. The lowest BCUT2D eigenvalue weighted by Gasteiger charge is -2.21. The van der Waals surface area contributed by atoms with Crippen LogP contribution in [-0.2, 0) is 4.79 Å². The fraction of sp³-hybridized carbons (Fsp3) is 0.409. The predicted molar refractivity (Wildman–Crippen MR) is 106 cm³/mol. The van der Waals surface area contributed by atoms with Gasteiger partial charge in [0.25, 0.3) is 0 Å². The van der Waals surface area contributed by atoms with Crippen molar-refractivity contribution in [2.24, 2.45) is 5.92 Å². The van der Waals surface area contributed by atoms with Gasteiger partial charge in [-0.15, -0.1) is 0 Å². The first-order valence-electron chi connectivity index (χ1n) is 9.47. The molecule has 4 heteroatoms. The van der Waals surface area contributed by atoms with Crippen LogP contribution in [0.3, 0.4) is 0 Å². The summed E-state index contributed by atoms with van der Waals surface area (Å²) >= 11 is 0. The third-order valence-corrected chi connectivity index (χ3v) is 4.89. The molecule has 2 aromatic carbocycles. The Morgan fingerprint density at radius 3 is 2.73 bits per heavy atom. The number of amides is 1. The maximum absolute atomic E-state index is 12.0. The minimum absolute atomic E-state index is 0.121. The summed E-state index contributed by atoms with van der Waals surface area (Å²) in [4.78, 5) is 14.5. The molecule has 138 valence electrons. The van der Waals surface area contributed by atoms with Gasteiger partial charge < -0.3 is 15.0 Å². The van der Waals surface area contributed by atoms with Crippen molar-refractivity contribution in [1.29, 1.82) is 0 Å². The zero-order valence-corrected chi connectivity index (χ0v) is 15.5. The van der Waals surface area contributed by atoms with Crippen LogP contribution in [0, 0.1) is 12.8 Å². The molecule has 0 bridgehead atoms. The summed E-state index contributed by atoms with van der Waals surface area (Å²) in [5.74, 6) is 1.50. The number of hydrogen-bond acceptors (Lipinski definition) is 3. The van der Waals surface area contributed by atoms with E-state index < -0.39 is 0 Å². The normalized spacial score (nSPS) is 16.5. The average molecular weight is 352 g/mol. The fourth-order valence-electron chi connectivity index (χ4n) is 3.42. The van der Waals surface area contributed by atoms with Crippen LogP contribution in [0.1, 0.15) is 24.8 Å². The maximum Gasteiger partial charge on any atom is 0.220 e. The van der Waals surface area contributed by atoms with Gasteiger partial charge in [-0.05, 0) is 49.4 Å². The van der Waals surface area contributed by atoms with Gasteiger partial charge in [0.2, 0.25) is 5.91 Å². The summed E-state index contributed by atoms with van der Waals surface area (Å²) < 4.78 is 5.62. The van der Waals surface area contributed by atoms with Crippen molar-refractivity contribution in [1.82, 2.24) is 5.32 Å². The highest BCUT2D eigenvalue weighted by Gasteiger charge is 2.23. The van der Waals surface area contributed by atoms with Gasteiger partial charge in [0.05, 0.1) is 6.61 Å². The summed E-state index contributed by atoms with van der Waals surface area (Å²) in [7, 11) is 0. The van der Waals surface area contributed by atoms with E-state index in [4.69, 9.17) is 4.74 Å². The monoisotopic (exact) mass is 352 g/mol. The number of ether oxygens (including phenoxy) is 1. The highest BCUT2D eigenvalue weighted by molar-refractivity contribution is 5.75. The summed E-state index contributed by atoms with van der Waals surface area (Å²) in [6.07, 6.45) is 2.38. The Kier molecular flexibility index (Phi) is 6.53. The average Bonchev–Trinajstić information content (AvgIpc) is 3.13. The highest BCUT2D eigenvalue weighted by Crippen LogP contribution is 2.26. The smallest absolute Gasteiger partial charge is 0.220 e. The van der Waals surface area contributed by atoms with Crippen LogP contribution in [0.5, 0.6) is 5.75 Å². The molecule has 4 nitrogen and oxygen atoms in total. The van der Waals surface area contributed by atoms with Gasteiger partial charge in [0.15, 0.2) is 0 Å². The first-order chi connectivity index (χ1) is 12.7. The molecule has 26 heavy (non-hydrogen) atoms. The second kappa shape index (κ2) is 9.27. The van der Waals surface area contributed by atoms with E-state index in [1.165, 1.54) is 11.3 Å². The molecule has 1 unspecified atom stereocenters. The van der Waals surface area contributed by atoms with E-state index in [0.29, 0.717) is 18.9 Å². The van der Waals surface area contributed by atoms with Gasteiger partial charge in [-0.1, -0.05) is 36.4 Å². The standard InChI is InChI=1S/C22H28N2O2/c1-18-8-5-6-11-21(18)24-14-13-19(17-24)16-23-22(25)12-7-15-26-20-9-3-2-4-10-20/h2-6,8-11,19H,7,12-17H2,1H3,(H,23,25). The first kappa shape index (κ1) is 18.3. The molecule has 0 spiro atoms. The van der Waals surface area contributed by atoms with Crippen LogP contribution in [0.4, 0.5) is 5.69 Å². The van der Waals surface area contributed by atoms with Crippen molar-refractivity contribution in [3.05, 3.63) is 60.2 Å². The molecule has 2 aromatic rings. The molecule has 1 heterocycles. The molecule has 1 amide bonds. The van der Waals surface area contributed by atoms with E-state index in [-0.39, 0.29) is 5.91 Å². The summed E-state index contributed by atoms with van der Waals surface area (Å²) in [5.41, 5.74) is 2.63. The van der Waals surface area contributed by atoms with Crippen LogP contribution in [0.25, 0.3) is 0 Å². The van der Waals surface area contributed by atoms with E-state index in [1.807, 2.05) is 30.3 Å². The van der Waals surface area contributed by atoms with E-state index in [9.17, 15) is 4.79 Å². The van der Waals surface area contributed by atoms with Gasteiger partial charge in [0, 0.05) is 31.7 Å². The molecular weight excluding hydrogens is 324 g/mol. The van der Waals surface area contributed by atoms with E-state index in [1.54, 1.807) is 0 Å². The largest absolute Gasteiger partial charge is 0.494 e. The van der Waals surface area contributed by atoms with Crippen molar-refractivity contribution < 1.29 is 9.53 Å². The Bertz CT molecular complexity index is 702. The molecule has 0 saturated carbocycles. The molecule has 0 radical (unpaired) electrons. The van der Waals surface area contributed by atoms with Crippen molar-refractivity contribution in [2.75, 3.05) is 31.1 Å². The van der Waals surface area contributed by atoms with E-state index in [0.717, 1.165) is 38.2 Å². The van der Waals surface area contributed by atoms with Gasteiger partial charge in [-0.3, -0.25) is 4.79 Å². The SMILES string of the molecule is Cc1ccccc1N1CCC(CNC(=O)CCCOc2ccccc2)C1. The summed E-state index contributed by atoms with van der Waals surface area (Å²) in [5, 5.41) is 3.09. The Morgan fingerprint density at radius 2 is 1.92 bits per heavy atom. The lowest BCUT2D eigenvalue weighted by atomic mass is 10.1. The number of para-hydroxylation sites is 2. The molecule has 0 aliphatic carbocycles. The molecular formula is C22H28N2O2. The maximum atomic E-state index is 12.0. The summed E-state index contributed by atoms with van der Waals surface area (Å²) in [6, 6.07) is 18.2. The van der Waals surface area contributed by atoms with Crippen LogP contribution in [-0.4, -0.2) is 32.1 Å². The van der Waals surface area contributed by atoms with Gasteiger partial charge >= 0.3 is 0 Å². The van der Waals surface area contributed by atoms with Crippen molar-refractivity contribution in [3.63, 3.8) is 0 Å². The Morgan fingerprint density at radius 1 is 1.15 bits per heavy atom. The molecule has 1 aliphatic rings. The van der Waals surface area contributed by atoms with E-state index in [2.05, 4.69) is 41.4 Å². The summed E-state index contributed by atoms with van der Waals surface area (Å²) in [6.45, 7) is 5.57. The Labute approximate surface area is 156 Å². The molecule has 1 fully saturated rings. The van der Waals surface area contributed by atoms with E-state index >= 15 is 0 Å².